The third-order valence-corrected chi connectivity index (χ3v) is 8.52. The van der Waals surface area contributed by atoms with Gasteiger partial charge in [0.2, 0.25) is 5.91 Å². The number of carbonyl (C=O) groups excluding carboxylic acids is 2. The average molecular weight is 658 g/mol. The highest BCUT2D eigenvalue weighted by Gasteiger charge is 2.30. The molecule has 0 saturated heterocycles. The number of carbonyl (C=O) groups is 2. The second kappa shape index (κ2) is 14.9. The summed E-state index contributed by atoms with van der Waals surface area (Å²) < 4.78 is 45.8. The second-order valence-electron chi connectivity index (χ2n) is 11.7. The standard InChI is InChI=1S/C36H34F3N5O4/c1-3-23(2)32(41-33(45)17-28-18-40-22-43(28)19-24-11-13-27(14-12-24)44(47)48)21-42(36(46)34-30(37)15-16-31(38)35(34)39)20-26-9-6-8-25-7-4-5-10-29(25)26/h4-16,18,22-23,32H,3,17,19-21H2,1-2H3,(H,41,45)/t23-,32+/m0/s1. The minimum absolute atomic E-state index is 0.0316. The van der Waals surface area contributed by atoms with Gasteiger partial charge in [0.15, 0.2) is 11.6 Å². The van der Waals surface area contributed by atoms with Crippen molar-refractivity contribution in [2.24, 2.45) is 5.92 Å². The molecule has 0 aliphatic carbocycles. The molecule has 0 radical (unpaired) electrons. The van der Waals surface area contributed by atoms with Crippen LogP contribution in [0.25, 0.3) is 10.8 Å². The Bertz CT molecular complexity index is 1940. The summed E-state index contributed by atoms with van der Waals surface area (Å²) in [5, 5.41) is 15.7. The molecule has 0 fully saturated rings. The van der Waals surface area contributed by atoms with Crippen molar-refractivity contribution in [1.29, 1.82) is 0 Å². The molecule has 12 heteroatoms. The zero-order valence-electron chi connectivity index (χ0n) is 26.4. The summed E-state index contributed by atoms with van der Waals surface area (Å²) in [7, 11) is 0. The number of nitro benzene ring substituents is 1. The summed E-state index contributed by atoms with van der Waals surface area (Å²) in [4.78, 5) is 43.3. The number of halogens is 3. The highest BCUT2D eigenvalue weighted by Crippen LogP contribution is 2.25. The molecule has 248 valence electrons. The van der Waals surface area contributed by atoms with Gasteiger partial charge in [-0.15, -0.1) is 0 Å². The van der Waals surface area contributed by atoms with Gasteiger partial charge >= 0.3 is 0 Å². The Balaban J connectivity index is 1.40. The Hall–Kier alpha value is -5.52. The van der Waals surface area contributed by atoms with Crippen molar-refractivity contribution in [3.05, 3.63) is 141 Å². The molecular formula is C36H34F3N5O4. The van der Waals surface area contributed by atoms with Crippen molar-refractivity contribution in [1.82, 2.24) is 19.8 Å². The molecule has 0 aliphatic rings. The van der Waals surface area contributed by atoms with Gasteiger partial charge in [-0.2, -0.15) is 0 Å². The van der Waals surface area contributed by atoms with Gasteiger partial charge in [0.05, 0.1) is 17.7 Å². The van der Waals surface area contributed by atoms with Gasteiger partial charge in [0.1, 0.15) is 11.4 Å². The first-order chi connectivity index (χ1) is 23.0. The Kier molecular flexibility index (Phi) is 10.5. The topological polar surface area (TPSA) is 110 Å². The van der Waals surface area contributed by atoms with Crippen LogP contribution in [0.4, 0.5) is 18.9 Å². The molecule has 0 aliphatic heterocycles. The number of rotatable bonds is 13. The lowest BCUT2D eigenvalue weighted by Gasteiger charge is -2.32. The van der Waals surface area contributed by atoms with E-state index in [-0.39, 0.29) is 37.0 Å². The fourth-order valence-corrected chi connectivity index (χ4v) is 5.61. The molecule has 4 aromatic carbocycles. The Morgan fingerprint density at radius 1 is 0.979 bits per heavy atom. The van der Waals surface area contributed by atoms with Gasteiger partial charge in [-0.25, -0.2) is 18.2 Å². The number of hydrogen-bond acceptors (Lipinski definition) is 5. The number of benzene rings is 4. The third kappa shape index (κ3) is 7.71. The van der Waals surface area contributed by atoms with Gasteiger partial charge in [-0.3, -0.25) is 19.7 Å². The Morgan fingerprint density at radius 2 is 1.69 bits per heavy atom. The number of non-ortho nitro benzene ring substituents is 1. The van der Waals surface area contributed by atoms with Gasteiger partial charge in [-0.05, 0) is 39.9 Å². The van der Waals surface area contributed by atoms with E-state index in [1.54, 1.807) is 29.2 Å². The van der Waals surface area contributed by atoms with Crippen LogP contribution in [0.2, 0.25) is 0 Å². The first-order valence-corrected chi connectivity index (χ1v) is 15.5. The molecule has 1 heterocycles. The van der Waals surface area contributed by atoms with Crippen molar-refractivity contribution >= 4 is 28.3 Å². The summed E-state index contributed by atoms with van der Waals surface area (Å²) in [5.41, 5.74) is 1.04. The SMILES string of the molecule is CC[C@H](C)[C@@H](CN(Cc1cccc2ccccc12)C(=O)c1c(F)ccc(F)c1F)NC(=O)Cc1cncn1Cc1ccc([N+](=O)[O-])cc1. The molecule has 1 aromatic heterocycles. The molecule has 0 unspecified atom stereocenters. The van der Waals surface area contributed by atoms with Crippen LogP contribution in [0.3, 0.4) is 0 Å². The number of nitrogens with zero attached hydrogens (tertiary/aromatic N) is 4. The zero-order chi connectivity index (χ0) is 34.4. The van der Waals surface area contributed by atoms with E-state index in [2.05, 4.69) is 10.3 Å². The fraction of sp³-hybridized carbons (Fsp3) is 0.250. The van der Waals surface area contributed by atoms with Crippen LogP contribution in [-0.4, -0.2) is 43.8 Å². The summed E-state index contributed by atoms with van der Waals surface area (Å²) in [6.07, 6.45) is 3.66. The number of amides is 2. The molecule has 9 nitrogen and oxygen atoms in total. The van der Waals surface area contributed by atoms with Crippen molar-refractivity contribution < 1.29 is 27.7 Å². The van der Waals surface area contributed by atoms with E-state index >= 15 is 0 Å². The predicted octanol–water partition coefficient (Wildman–Crippen LogP) is 6.83. The van der Waals surface area contributed by atoms with Crippen molar-refractivity contribution in [2.75, 3.05) is 6.54 Å². The molecule has 2 atom stereocenters. The fourth-order valence-electron chi connectivity index (χ4n) is 5.61. The number of fused-ring (bicyclic) bond motifs is 1. The van der Waals surface area contributed by atoms with E-state index in [1.807, 2.05) is 56.3 Å². The molecule has 5 aromatic rings. The molecule has 5 rings (SSSR count). The van der Waals surface area contributed by atoms with Gasteiger partial charge in [0, 0.05) is 49.7 Å². The largest absolute Gasteiger partial charge is 0.351 e. The summed E-state index contributed by atoms with van der Waals surface area (Å²) in [6.45, 7) is 3.98. The molecule has 1 N–H and O–H groups in total. The summed E-state index contributed by atoms with van der Waals surface area (Å²) in [6, 6.07) is 19.8. The maximum atomic E-state index is 14.9. The first kappa shape index (κ1) is 33.8. The summed E-state index contributed by atoms with van der Waals surface area (Å²) >= 11 is 0. The van der Waals surface area contributed by atoms with Crippen molar-refractivity contribution in [3.8, 4) is 0 Å². The number of hydrogen-bond donors (Lipinski definition) is 1. The van der Waals surface area contributed by atoms with Crippen molar-refractivity contribution in [3.63, 3.8) is 0 Å². The van der Waals surface area contributed by atoms with Crippen LogP contribution < -0.4 is 5.32 Å². The van der Waals surface area contributed by atoms with Crippen molar-refractivity contribution in [2.45, 2.75) is 45.8 Å². The zero-order valence-corrected chi connectivity index (χ0v) is 26.4. The van der Waals surface area contributed by atoms with E-state index in [0.29, 0.717) is 30.3 Å². The molecule has 2 amide bonds. The maximum Gasteiger partial charge on any atom is 0.269 e. The maximum absolute atomic E-state index is 14.9. The van der Waals surface area contributed by atoms with E-state index in [1.165, 1.54) is 17.0 Å². The monoisotopic (exact) mass is 657 g/mol. The first-order valence-electron chi connectivity index (χ1n) is 15.5. The van der Waals surface area contributed by atoms with Gasteiger partial charge < -0.3 is 14.8 Å². The van der Waals surface area contributed by atoms with Gasteiger partial charge in [0.25, 0.3) is 11.6 Å². The normalized spacial score (nSPS) is 12.4. The minimum Gasteiger partial charge on any atom is -0.351 e. The van der Waals surface area contributed by atoms with Crippen LogP contribution in [0, 0.1) is 33.5 Å². The molecule has 0 spiro atoms. The van der Waals surface area contributed by atoms with E-state index in [0.717, 1.165) is 22.4 Å². The predicted molar refractivity (Wildman–Crippen MR) is 175 cm³/mol. The van der Waals surface area contributed by atoms with Crippen LogP contribution in [0.15, 0.2) is 91.4 Å². The quantitative estimate of drug-likeness (QED) is 0.0849. The Morgan fingerprint density at radius 3 is 2.42 bits per heavy atom. The lowest BCUT2D eigenvalue weighted by molar-refractivity contribution is -0.384. The third-order valence-electron chi connectivity index (χ3n) is 8.52. The lowest BCUT2D eigenvalue weighted by Crippen LogP contribution is -2.49. The molecule has 0 bridgehead atoms. The lowest BCUT2D eigenvalue weighted by atomic mass is 9.97. The van der Waals surface area contributed by atoms with Crippen LogP contribution in [0.1, 0.15) is 47.4 Å². The average Bonchev–Trinajstić information content (AvgIpc) is 3.51. The summed E-state index contributed by atoms with van der Waals surface area (Å²) in [5.74, 6) is -5.68. The highest BCUT2D eigenvalue weighted by atomic mass is 19.2. The molecular weight excluding hydrogens is 623 g/mol. The van der Waals surface area contributed by atoms with Gasteiger partial charge in [-0.1, -0.05) is 74.9 Å². The highest BCUT2D eigenvalue weighted by molar-refractivity contribution is 5.95. The molecule has 48 heavy (non-hydrogen) atoms. The number of nitrogens with one attached hydrogen (secondary N) is 1. The second-order valence-corrected chi connectivity index (χ2v) is 11.7. The number of nitro groups is 1. The van der Waals surface area contributed by atoms with E-state index in [9.17, 15) is 32.9 Å². The van der Waals surface area contributed by atoms with Crippen LogP contribution >= 0.6 is 0 Å². The number of aromatic nitrogens is 2. The molecule has 0 saturated carbocycles. The van der Waals surface area contributed by atoms with Crippen LogP contribution in [0.5, 0.6) is 0 Å². The smallest absolute Gasteiger partial charge is 0.269 e. The number of imidazole rings is 1. The Labute approximate surface area is 275 Å². The minimum atomic E-state index is -1.58. The van der Waals surface area contributed by atoms with E-state index in [4.69, 9.17) is 0 Å². The van der Waals surface area contributed by atoms with E-state index < -0.39 is 39.9 Å². The van der Waals surface area contributed by atoms with Crippen LogP contribution in [-0.2, 0) is 24.3 Å².